The van der Waals surface area contributed by atoms with Crippen molar-refractivity contribution >= 4 is 23.0 Å². The number of benzene rings is 2. The van der Waals surface area contributed by atoms with Crippen LogP contribution < -0.4 is 20.1 Å². The Labute approximate surface area is 179 Å². The van der Waals surface area contributed by atoms with Gasteiger partial charge in [-0.25, -0.2) is 9.07 Å². The molecule has 4 rings (SSSR count). The molecule has 1 aliphatic heterocycles. The number of piperazine rings is 1. The molecule has 0 spiro atoms. The van der Waals surface area contributed by atoms with Gasteiger partial charge in [0, 0.05) is 37.9 Å². The van der Waals surface area contributed by atoms with Gasteiger partial charge in [0.1, 0.15) is 5.02 Å². The molecule has 0 radical (unpaired) electrons. The third kappa shape index (κ3) is 4.11. The Morgan fingerprint density at radius 2 is 1.77 bits per heavy atom. The number of hydrogen-bond acceptors (Lipinski definition) is 5. The van der Waals surface area contributed by atoms with Crippen molar-refractivity contribution < 1.29 is 9.13 Å². The monoisotopic (exact) mass is 428 g/mol. The first-order valence-electron chi connectivity index (χ1n) is 9.70. The molecule has 156 valence electrons. The summed E-state index contributed by atoms with van der Waals surface area (Å²) >= 11 is 6.41. The van der Waals surface area contributed by atoms with Gasteiger partial charge in [-0.15, -0.1) is 0 Å². The van der Waals surface area contributed by atoms with Crippen LogP contribution in [0.1, 0.15) is 5.56 Å². The van der Waals surface area contributed by atoms with Crippen molar-refractivity contribution in [2.24, 2.45) is 0 Å². The third-order valence-corrected chi connectivity index (χ3v) is 5.62. The number of hydrogen-bond donors (Lipinski definition) is 0. The third-order valence-electron chi connectivity index (χ3n) is 5.26. The molecule has 2 heterocycles. The maximum Gasteiger partial charge on any atom is 0.287 e. The lowest BCUT2D eigenvalue weighted by Gasteiger charge is -2.37. The van der Waals surface area contributed by atoms with Crippen LogP contribution in [0.15, 0.2) is 59.5 Å². The van der Waals surface area contributed by atoms with E-state index in [9.17, 15) is 9.18 Å². The molecular formula is C22H22ClFN4O2. The molecule has 0 amide bonds. The van der Waals surface area contributed by atoms with Gasteiger partial charge in [0.2, 0.25) is 0 Å². The van der Waals surface area contributed by atoms with E-state index in [-0.39, 0.29) is 22.1 Å². The van der Waals surface area contributed by atoms with Crippen molar-refractivity contribution in [2.75, 3.05) is 43.1 Å². The second-order valence-corrected chi connectivity index (χ2v) is 7.46. The van der Waals surface area contributed by atoms with E-state index < -0.39 is 0 Å². The molecule has 30 heavy (non-hydrogen) atoms. The predicted molar refractivity (Wildman–Crippen MR) is 116 cm³/mol. The van der Waals surface area contributed by atoms with Gasteiger partial charge in [0.05, 0.1) is 25.5 Å². The van der Waals surface area contributed by atoms with Crippen LogP contribution in [0.25, 0.3) is 0 Å². The molecule has 0 N–H and O–H groups in total. The first-order chi connectivity index (χ1) is 14.6. The van der Waals surface area contributed by atoms with E-state index in [1.54, 1.807) is 12.3 Å². The molecule has 0 unspecified atom stereocenters. The normalized spacial score (nSPS) is 14.1. The van der Waals surface area contributed by atoms with Crippen LogP contribution >= 0.6 is 11.6 Å². The van der Waals surface area contributed by atoms with Crippen LogP contribution in [0, 0.1) is 5.82 Å². The minimum atomic E-state index is -0.383. The minimum absolute atomic E-state index is 0.171. The van der Waals surface area contributed by atoms with E-state index >= 15 is 0 Å². The fourth-order valence-electron chi connectivity index (χ4n) is 3.60. The summed E-state index contributed by atoms with van der Waals surface area (Å²) in [6, 6.07) is 14.6. The minimum Gasteiger partial charge on any atom is -0.494 e. The smallest absolute Gasteiger partial charge is 0.287 e. The van der Waals surface area contributed by atoms with Crippen LogP contribution in [0.5, 0.6) is 5.75 Å². The van der Waals surface area contributed by atoms with E-state index in [0.29, 0.717) is 38.4 Å². The predicted octanol–water partition coefficient (Wildman–Crippen LogP) is 3.42. The van der Waals surface area contributed by atoms with E-state index in [1.165, 1.54) is 17.9 Å². The van der Waals surface area contributed by atoms with Crippen molar-refractivity contribution in [1.29, 1.82) is 0 Å². The van der Waals surface area contributed by atoms with E-state index in [1.807, 2.05) is 41.3 Å². The fraction of sp³-hybridized carbons (Fsp3) is 0.273. The molecule has 2 aromatic carbocycles. The van der Waals surface area contributed by atoms with Gasteiger partial charge in [-0.3, -0.25) is 4.79 Å². The summed E-state index contributed by atoms with van der Waals surface area (Å²) in [4.78, 5) is 16.8. The van der Waals surface area contributed by atoms with Crippen LogP contribution in [0.3, 0.4) is 0 Å². The Kier molecular flexibility index (Phi) is 5.90. The molecule has 6 nitrogen and oxygen atoms in total. The Balaban J connectivity index is 1.46. The highest BCUT2D eigenvalue weighted by molar-refractivity contribution is 6.33. The molecule has 3 aromatic rings. The van der Waals surface area contributed by atoms with Crippen molar-refractivity contribution in [3.63, 3.8) is 0 Å². The molecule has 1 fully saturated rings. The van der Waals surface area contributed by atoms with Gasteiger partial charge < -0.3 is 14.5 Å². The van der Waals surface area contributed by atoms with Gasteiger partial charge in [0.25, 0.3) is 5.56 Å². The number of rotatable bonds is 5. The van der Waals surface area contributed by atoms with Crippen molar-refractivity contribution in [1.82, 2.24) is 9.78 Å². The standard InChI is InChI=1S/C22H22ClFN4O2/c1-30-20-8-7-17(13-18(20)24)26-9-11-27(12-10-26)19-14-25-28(22(29)21(19)23)15-16-5-3-2-4-6-16/h2-8,13-14H,9-12,15H2,1H3. The summed E-state index contributed by atoms with van der Waals surface area (Å²) in [5.41, 5.74) is 2.11. The molecular weight excluding hydrogens is 407 g/mol. The van der Waals surface area contributed by atoms with E-state index in [0.717, 1.165) is 11.3 Å². The first-order valence-corrected chi connectivity index (χ1v) is 10.1. The van der Waals surface area contributed by atoms with Gasteiger partial charge in [-0.05, 0) is 17.7 Å². The molecule has 0 aliphatic carbocycles. The zero-order valence-corrected chi connectivity index (χ0v) is 17.3. The maximum absolute atomic E-state index is 14.0. The molecule has 8 heteroatoms. The number of halogens is 2. The Hall–Kier alpha value is -3.06. The van der Waals surface area contributed by atoms with Crippen LogP contribution in [-0.2, 0) is 6.54 Å². The van der Waals surface area contributed by atoms with E-state index in [4.69, 9.17) is 16.3 Å². The summed E-state index contributed by atoms with van der Waals surface area (Å²) in [6.45, 7) is 3.02. The van der Waals surface area contributed by atoms with Crippen molar-refractivity contribution in [3.05, 3.63) is 81.5 Å². The number of ether oxygens (including phenoxy) is 1. The van der Waals surface area contributed by atoms with Gasteiger partial charge >= 0.3 is 0 Å². The van der Waals surface area contributed by atoms with Gasteiger partial charge in [-0.1, -0.05) is 41.9 Å². The molecule has 0 bridgehead atoms. The van der Waals surface area contributed by atoms with Crippen LogP contribution in [0.4, 0.5) is 15.8 Å². The van der Waals surface area contributed by atoms with E-state index in [2.05, 4.69) is 10.00 Å². The highest BCUT2D eigenvalue weighted by Crippen LogP contribution is 2.27. The summed E-state index contributed by atoms with van der Waals surface area (Å²) in [5.74, 6) is -0.155. The molecule has 1 aromatic heterocycles. The maximum atomic E-state index is 14.0. The zero-order chi connectivity index (χ0) is 21.1. The van der Waals surface area contributed by atoms with Crippen LogP contribution in [0.2, 0.25) is 5.02 Å². The lowest BCUT2D eigenvalue weighted by Crippen LogP contribution is -2.47. The molecule has 0 atom stereocenters. The first kappa shape index (κ1) is 20.2. The molecule has 1 aliphatic rings. The average molecular weight is 429 g/mol. The largest absolute Gasteiger partial charge is 0.494 e. The second kappa shape index (κ2) is 8.75. The number of aromatic nitrogens is 2. The lowest BCUT2D eigenvalue weighted by molar-refractivity contribution is 0.386. The fourth-order valence-corrected chi connectivity index (χ4v) is 3.87. The Morgan fingerprint density at radius 3 is 2.43 bits per heavy atom. The van der Waals surface area contributed by atoms with Gasteiger partial charge in [0.15, 0.2) is 11.6 Å². The SMILES string of the molecule is COc1ccc(N2CCN(c3cnn(Cc4ccccc4)c(=O)c3Cl)CC2)cc1F. The van der Waals surface area contributed by atoms with Crippen molar-refractivity contribution in [2.45, 2.75) is 6.54 Å². The number of nitrogens with zero attached hydrogens (tertiary/aromatic N) is 4. The van der Waals surface area contributed by atoms with Crippen LogP contribution in [-0.4, -0.2) is 43.1 Å². The summed E-state index contributed by atoms with van der Waals surface area (Å²) in [6.07, 6.45) is 1.65. The van der Waals surface area contributed by atoms with Gasteiger partial charge in [-0.2, -0.15) is 5.10 Å². The Bertz CT molecular complexity index is 1080. The summed E-state index contributed by atoms with van der Waals surface area (Å²) in [7, 11) is 1.45. The second-order valence-electron chi connectivity index (χ2n) is 7.09. The lowest BCUT2D eigenvalue weighted by atomic mass is 10.2. The van der Waals surface area contributed by atoms with Crippen molar-refractivity contribution in [3.8, 4) is 5.75 Å². The number of methoxy groups -OCH3 is 1. The average Bonchev–Trinajstić information content (AvgIpc) is 2.78. The summed E-state index contributed by atoms with van der Waals surface area (Å²) < 4.78 is 20.4. The molecule has 0 saturated carbocycles. The number of anilines is 2. The topological polar surface area (TPSA) is 50.6 Å². The zero-order valence-electron chi connectivity index (χ0n) is 16.6. The summed E-state index contributed by atoms with van der Waals surface area (Å²) in [5, 5.41) is 4.49. The quantitative estimate of drug-likeness (QED) is 0.623. The Morgan fingerprint density at radius 1 is 1.07 bits per heavy atom. The highest BCUT2D eigenvalue weighted by atomic mass is 35.5. The molecule has 1 saturated heterocycles. The highest BCUT2D eigenvalue weighted by Gasteiger charge is 2.22.